The number of carboxylic acid groups (broad SMARTS) is 1. The van der Waals surface area contributed by atoms with Gasteiger partial charge in [-0.3, -0.25) is 4.40 Å². The summed E-state index contributed by atoms with van der Waals surface area (Å²) < 4.78 is 18.9. The predicted molar refractivity (Wildman–Crippen MR) is 82.3 cm³/mol. The number of aromatic nitrogens is 3. The molecule has 0 radical (unpaired) electrons. The topological polar surface area (TPSA) is 95.2 Å². The molecule has 2 unspecified atom stereocenters. The highest BCUT2D eigenvalue weighted by Gasteiger charge is 2.47. The van der Waals surface area contributed by atoms with Gasteiger partial charge in [-0.2, -0.15) is 4.98 Å². The Labute approximate surface area is 138 Å². The summed E-state index contributed by atoms with van der Waals surface area (Å²) in [6.45, 7) is 4.73. The largest absolute Gasteiger partial charge is 0.477 e. The molecule has 2 aliphatic rings. The number of fused-ring (bicyclic) bond motifs is 3. The minimum atomic E-state index is -1.09. The number of ether oxygens (including phenoxy) is 3. The first-order valence-electron chi connectivity index (χ1n) is 8.02. The quantitative estimate of drug-likeness (QED) is 0.908. The highest BCUT2D eigenvalue weighted by atomic mass is 16.6. The van der Waals surface area contributed by atoms with E-state index in [9.17, 15) is 9.90 Å². The number of carbonyl (C=O) groups is 1. The lowest BCUT2D eigenvalue weighted by atomic mass is 9.93. The van der Waals surface area contributed by atoms with Gasteiger partial charge in [0.05, 0.1) is 31.1 Å². The summed E-state index contributed by atoms with van der Waals surface area (Å²) in [6, 6.07) is 0. The van der Waals surface area contributed by atoms with Gasteiger partial charge < -0.3 is 19.3 Å². The molecule has 8 nitrogen and oxygen atoms in total. The average Bonchev–Trinajstić information content (AvgIpc) is 3.07. The average molecular weight is 333 g/mol. The van der Waals surface area contributed by atoms with E-state index in [0.29, 0.717) is 19.0 Å². The zero-order chi connectivity index (χ0) is 16.9. The van der Waals surface area contributed by atoms with E-state index in [1.807, 2.05) is 13.8 Å². The lowest BCUT2D eigenvalue weighted by Gasteiger charge is -2.29. The van der Waals surface area contributed by atoms with Gasteiger partial charge in [0.15, 0.2) is 0 Å². The van der Waals surface area contributed by atoms with Gasteiger partial charge in [-0.1, -0.05) is 0 Å². The molecule has 2 aromatic rings. The zero-order valence-electron chi connectivity index (χ0n) is 13.6. The number of rotatable bonds is 4. The van der Waals surface area contributed by atoms with E-state index >= 15 is 0 Å². The Bertz CT molecular complexity index is 798. The molecule has 2 fully saturated rings. The summed E-state index contributed by atoms with van der Waals surface area (Å²) in [6.07, 6.45) is 4.92. The van der Waals surface area contributed by atoms with Gasteiger partial charge in [0.25, 0.3) is 0 Å². The van der Waals surface area contributed by atoms with Crippen molar-refractivity contribution in [3.05, 3.63) is 23.7 Å². The summed E-state index contributed by atoms with van der Waals surface area (Å²) in [7, 11) is 0. The van der Waals surface area contributed by atoms with Crippen LogP contribution < -0.4 is 4.74 Å². The first-order chi connectivity index (χ1) is 11.5. The molecule has 2 aromatic heterocycles. The molecule has 2 saturated heterocycles. The Morgan fingerprint density at radius 2 is 2.29 bits per heavy atom. The fourth-order valence-corrected chi connectivity index (χ4v) is 3.25. The van der Waals surface area contributed by atoms with Crippen molar-refractivity contribution in [1.29, 1.82) is 0 Å². The molecule has 2 aliphatic heterocycles. The van der Waals surface area contributed by atoms with Gasteiger partial charge in [-0.25, -0.2) is 9.78 Å². The Morgan fingerprint density at radius 1 is 1.46 bits per heavy atom. The summed E-state index contributed by atoms with van der Waals surface area (Å²) >= 11 is 0. The molecule has 0 saturated carbocycles. The van der Waals surface area contributed by atoms with Crippen LogP contribution in [0.1, 0.15) is 42.7 Å². The second-order valence-electron chi connectivity index (χ2n) is 6.53. The lowest BCUT2D eigenvalue weighted by molar-refractivity contribution is -0.0597. The van der Waals surface area contributed by atoms with Gasteiger partial charge in [-0.05, 0) is 20.3 Å². The van der Waals surface area contributed by atoms with Gasteiger partial charge in [-0.15, -0.1) is 0 Å². The fraction of sp³-hybridized carbons (Fsp3) is 0.562. The van der Waals surface area contributed by atoms with Crippen LogP contribution in [0.3, 0.4) is 0 Å². The molecule has 2 bridgehead atoms. The van der Waals surface area contributed by atoms with Crippen LogP contribution in [0.25, 0.3) is 5.78 Å². The molecule has 0 aliphatic carbocycles. The van der Waals surface area contributed by atoms with E-state index in [4.69, 9.17) is 14.2 Å². The maximum atomic E-state index is 11.5. The molecule has 4 rings (SSSR count). The van der Waals surface area contributed by atoms with Gasteiger partial charge in [0.2, 0.25) is 11.7 Å². The third kappa shape index (κ3) is 2.42. The number of hydrogen-bond donors (Lipinski definition) is 1. The van der Waals surface area contributed by atoms with Crippen molar-refractivity contribution in [3.63, 3.8) is 0 Å². The van der Waals surface area contributed by atoms with E-state index < -0.39 is 11.6 Å². The molecular formula is C16H19N3O5. The zero-order valence-corrected chi connectivity index (χ0v) is 13.6. The molecule has 0 aromatic carbocycles. The Balaban J connectivity index is 1.79. The van der Waals surface area contributed by atoms with Crippen molar-refractivity contribution in [2.24, 2.45) is 0 Å². The third-order valence-electron chi connectivity index (χ3n) is 4.39. The second kappa shape index (κ2) is 5.42. The number of hydrogen-bond acceptors (Lipinski definition) is 6. The van der Waals surface area contributed by atoms with E-state index in [-0.39, 0.29) is 23.7 Å². The standard InChI is InChI=1S/C16H19N3O5/c1-9(2)24-13-11(14(20)21)6-19-7-12(17-15(19)18-13)16-5-10(22-8-16)3-4-23-16/h6-7,9-10H,3-5,8H2,1-2H3,(H,20,21). The smallest absolute Gasteiger partial charge is 0.342 e. The maximum absolute atomic E-state index is 11.5. The van der Waals surface area contributed by atoms with Crippen molar-refractivity contribution >= 4 is 11.7 Å². The molecule has 0 spiro atoms. The molecular weight excluding hydrogens is 314 g/mol. The predicted octanol–water partition coefficient (Wildman–Crippen LogP) is 1.62. The highest BCUT2D eigenvalue weighted by molar-refractivity contribution is 5.90. The Kier molecular flexibility index (Phi) is 3.47. The highest BCUT2D eigenvalue weighted by Crippen LogP contribution is 2.41. The number of imidazole rings is 1. The van der Waals surface area contributed by atoms with Crippen LogP contribution in [0.2, 0.25) is 0 Å². The normalized spacial score (nSPS) is 26.2. The maximum Gasteiger partial charge on any atom is 0.342 e. The van der Waals surface area contributed by atoms with E-state index in [0.717, 1.165) is 18.5 Å². The van der Waals surface area contributed by atoms with Crippen LogP contribution in [0, 0.1) is 0 Å². The van der Waals surface area contributed by atoms with Crippen molar-refractivity contribution in [1.82, 2.24) is 14.4 Å². The molecule has 1 N–H and O–H groups in total. The molecule has 24 heavy (non-hydrogen) atoms. The molecule has 0 amide bonds. The van der Waals surface area contributed by atoms with Crippen molar-refractivity contribution in [3.8, 4) is 5.88 Å². The number of aromatic carboxylic acids is 1. The van der Waals surface area contributed by atoms with Crippen molar-refractivity contribution in [2.75, 3.05) is 13.2 Å². The lowest BCUT2D eigenvalue weighted by Crippen LogP contribution is -2.34. The van der Waals surface area contributed by atoms with Crippen LogP contribution in [-0.2, 0) is 15.1 Å². The summed E-state index contributed by atoms with van der Waals surface area (Å²) in [5.74, 6) is -0.631. The minimum Gasteiger partial charge on any atom is -0.477 e. The summed E-state index contributed by atoms with van der Waals surface area (Å²) in [5.41, 5.74) is 0.164. The van der Waals surface area contributed by atoms with Crippen molar-refractivity contribution < 1.29 is 24.1 Å². The second-order valence-corrected chi connectivity index (χ2v) is 6.53. The van der Waals surface area contributed by atoms with Crippen LogP contribution in [0.5, 0.6) is 5.88 Å². The molecule has 2 atom stereocenters. The van der Waals surface area contributed by atoms with Gasteiger partial charge in [0, 0.05) is 18.8 Å². The van der Waals surface area contributed by atoms with Crippen LogP contribution in [0.4, 0.5) is 0 Å². The van der Waals surface area contributed by atoms with E-state index in [1.165, 1.54) is 6.20 Å². The summed E-state index contributed by atoms with van der Waals surface area (Å²) in [4.78, 5) is 20.3. The fourth-order valence-electron chi connectivity index (χ4n) is 3.25. The Morgan fingerprint density at radius 3 is 3.04 bits per heavy atom. The molecule has 128 valence electrons. The molecule has 4 heterocycles. The SMILES string of the molecule is CC(C)Oc1nc2nc(C34COC(CCO3)C4)cn2cc1C(=O)O. The molecule has 8 heteroatoms. The monoisotopic (exact) mass is 333 g/mol. The van der Waals surface area contributed by atoms with E-state index in [2.05, 4.69) is 9.97 Å². The van der Waals surface area contributed by atoms with Crippen LogP contribution in [0.15, 0.2) is 12.4 Å². The number of carboxylic acids is 1. The van der Waals surface area contributed by atoms with Gasteiger partial charge >= 0.3 is 5.97 Å². The van der Waals surface area contributed by atoms with E-state index in [1.54, 1.807) is 10.6 Å². The first-order valence-corrected chi connectivity index (χ1v) is 8.02. The van der Waals surface area contributed by atoms with Crippen LogP contribution in [-0.4, -0.2) is 50.9 Å². The summed E-state index contributed by atoms with van der Waals surface area (Å²) in [5, 5.41) is 9.40. The third-order valence-corrected chi connectivity index (χ3v) is 4.39. The van der Waals surface area contributed by atoms with Crippen LogP contribution >= 0.6 is 0 Å². The number of nitrogens with zero attached hydrogens (tertiary/aromatic N) is 3. The Hall–Kier alpha value is -2.19. The van der Waals surface area contributed by atoms with Crippen molar-refractivity contribution in [2.45, 2.75) is 44.5 Å². The first kappa shape index (κ1) is 15.3. The minimum absolute atomic E-state index is 0.00256. The van der Waals surface area contributed by atoms with Gasteiger partial charge in [0.1, 0.15) is 11.2 Å².